The van der Waals surface area contributed by atoms with Crippen LogP contribution in [0.4, 0.5) is 0 Å². The van der Waals surface area contributed by atoms with Gasteiger partial charge in [0.1, 0.15) is 0 Å². The molecule has 0 spiro atoms. The van der Waals surface area contributed by atoms with Crippen LogP contribution < -0.4 is 0 Å². The van der Waals surface area contributed by atoms with E-state index >= 15 is 0 Å². The summed E-state index contributed by atoms with van der Waals surface area (Å²) in [5, 5.41) is 0. The van der Waals surface area contributed by atoms with E-state index in [9.17, 15) is 0 Å². The van der Waals surface area contributed by atoms with Crippen molar-refractivity contribution in [2.45, 2.75) is 0 Å². The Hall–Kier alpha value is 1.58. The van der Waals surface area contributed by atoms with E-state index in [-0.39, 0.29) is 54.6 Å². The molecule has 8 nitrogen and oxygen atoms in total. The zero-order valence-corrected chi connectivity index (χ0v) is 14.8. The van der Waals surface area contributed by atoms with Gasteiger partial charge in [0.05, 0.1) is 0 Å². The Morgan fingerprint density at radius 2 is 0.667 bits per heavy atom. The van der Waals surface area contributed by atoms with Crippen molar-refractivity contribution in [3.8, 4) is 0 Å². The maximum Gasteiger partial charge on any atom is 2.00 e. The minimum absolute atomic E-state index is 0. The van der Waals surface area contributed by atoms with Crippen LogP contribution in [-0.4, -0.2) is 62.3 Å². The van der Waals surface area contributed by atoms with E-state index in [1.165, 1.54) is 0 Å². The maximum atomic E-state index is 8.52. The Kier molecular flexibility index (Phi) is 17.9. The second kappa shape index (κ2) is 9.15. The molecule has 0 aliphatic carbocycles. The van der Waals surface area contributed by atoms with Gasteiger partial charge in [-0.15, -0.1) is 0 Å². The number of hydrogen-bond acceptors (Lipinski definition) is 8. The zero-order chi connectivity index (χ0) is 9.00. The van der Waals surface area contributed by atoms with E-state index in [1.54, 1.807) is 0 Å². The minimum atomic E-state index is -5.17. The number of hydrogen-bond donors (Lipinski definition) is 0. The fraction of sp³-hybridized carbons (Fsp3) is 0. The molecular formula is CdO8PbS2. The summed E-state index contributed by atoms with van der Waals surface area (Å²) >= 11 is 0. The van der Waals surface area contributed by atoms with Crippen molar-refractivity contribution in [1.29, 1.82) is 0 Å². The predicted molar refractivity (Wildman–Crippen MR) is 26.7 cm³/mol. The largest absolute Gasteiger partial charge is 2.00 e. The summed E-state index contributed by atoms with van der Waals surface area (Å²) < 4.78 is 68.2. The molecule has 0 atom stereocenters. The van der Waals surface area contributed by atoms with Gasteiger partial charge in [-0.2, -0.15) is 0 Å². The SMILES string of the molecule is O=S(=O)([O-])[O-].O=S(=O)([O-])[O-].[Cd+2].[Pb+2]. The van der Waals surface area contributed by atoms with Crippen molar-refractivity contribution >= 4 is 48.1 Å². The van der Waals surface area contributed by atoms with Crippen molar-refractivity contribution in [2.75, 3.05) is 0 Å². The monoisotopic (exact) mass is 514 g/mol. The molecule has 0 aromatic carbocycles. The quantitative estimate of drug-likeness (QED) is 0.188. The molecule has 0 fully saturated rings. The van der Waals surface area contributed by atoms with Crippen molar-refractivity contribution < 1.29 is 62.3 Å². The Morgan fingerprint density at radius 3 is 0.667 bits per heavy atom. The van der Waals surface area contributed by atoms with Crippen molar-refractivity contribution in [1.82, 2.24) is 0 Å². The molecule has 0 saturated heterocycles. The first-order valence-corrected chi connectivity index (χ1v) is 4.00. The van der Waals surface area contributed by atoms with Crippen LogP contribution in [0.2, 0.25) is 0 Å². The molecule has 0 aromatic rings. The summed E-state index contributed by atoms with van der Waals surface area (Å²) in [5.74, 6) is 0. The van der Waals surface area contributed by atoms with Crippen LogP contribution in [0.5, 0.6) is 0 Å². The molecule has 12 heavy (non-hydrogen) atoms. The smallest absolute Gasteiger partial charge is 0.759 e. The average Bonchev–Trinajstić information content (AvgIpc) is 1.12. The van der Waals surface area contributed by atoms with Gasteiger partial charge in [-0.05, 0) is 0 Å². The summed E-state index contributed by atoms with van der Waals surface area (Å²) in [5.41, 5.74) is 0. The molecule has 0 aliphatic rings. The van der Waals surface area contributed by atoms with Crippen molar-refractivity contribution in [2.24, 2.45) is 0 Å². The van der Waals surface area contributed by atoms with Crippen LogP contribution in [0.3, 0.4) is 0 Å². The van der Waals surface area contributed by atoms with Gasteiger partial charge < -0.3 is 18.2 Å². The first-order valence-electron chi connectivity index (χ1n) is 1.33. The molecule has 66 valence electrons. The van der Waals surface area contributed by atoms with Crippen LogP contribution in [-0.2, 0) is 48.1 Å². The van der Waals surface area contributed by atoms with Crippen LogP contribution in [0.25, 0.3) is 0 Å². The molecule has 12 heteroatoms. The summed E-state index contributed by atoms with van der Waals surface area (Å²) in [4.78, 5) is 0. The third-order valence-corrected chi connectivity index (χ3v) is 0. The molecule has 0 aromatic heterocycles. The molecule has 0 heterocycles. The molecule has 0 aliphatic heterocycles. The first-order chi connectivity index (χ1) is 4.00. The molecule has 0 amide bonds. The van der Waals surface area contributed by atoms with E-state index in [2.05, 4.69) is 0 Å². The standard InChI is InChI=1S/Cd.2H2O4S.Pb/c;2*1-5(2,3)4;/h;2*(H2,1,2,3,4);/q+2;;;+2/p-4. The molecule has 2 radical (unpaired) electrons. The normalized spacial score (nSPS) is 9.67. The van der Waals surface area contributed by atoms with E-state index in [1.807, 2.05) is 0 Å². The molecule has 0 bridgehead atoms. The van der Waals surface area contributed by atoms with E-state index in [0.29, 0.717) is 0 Å². The second-order valence-corrected chi connectivity index (χ2v) is 2.45. The molecule has 0 rings (SSSR count). The Morgan fingerprint density at radius 1 is 0.667 bits per heavy atom. The summed E-state index contributed by atoms with van der Waals surface area (Å²) in [6.45, 7) is 0. The van der Waals surface area contributed by atoms with Crippen LogP contribution in [0, 0.1) is 0 Å². The Labute approximate surface area is 109 Å². The van der Waals surface area contributed by atoms with Crippen LogP contribution >= 0.6 is 0 Å². The van der Waals surface area contributed by atoms with Gasteiger partial charge in [0.2, 0.25) is 0 Å². The van der Waals surface area contributed by atoms with Crippen LogP contribution in [0.1, 0.15) is 0 Å². The summed E-state index contributed by atoms with van der Waals surface area (Å²) in [6, 6.07) is 0. The molecular weight excluding hydrogens is 512 g/mol. The summed E-state index contributed by atoms with van der Waals surface area (Å²) in [6.07, 6.45) is 0. The van der Waals surface area contributed by atoms with Gasteiger partial charge in [0, 0.05) is 20.8 Å². The van der Waals surface area contributed by atoms with Gasteiger partial charge in [-0.1, -0.05) is 0 Å². The fourth-order valence-electron chi connectivity index (χ4n) is 0. The minimum Gasteiger partial charge on any atom is -0.759 e. The third kappa shape index (κ3) is 517. The third-order valence-electron chi connectivity index (χ3n) is 0. The van der Waals surface area contributed by atoms with E-state index in [4.69, 9.17) is 35.0 Å². The van der Waals surface area contributed by atoms with Gasteiger partial charge in [-0.3, -0.25) is 16.8 Å². The Balaban J connectivity index is -0.0000000457. The van der Waals surface area contributed by atoms with E-state index in [0.717, 1.165) is 0 Å². The topological polar surface area (TPSA) is 161 Å². The van der Waals surface area contributed by atoms with Gasteiger partial charge in [0.15, 0.2) is 0 Å². The van der Waals surface area contributed by atoms with Gasteiger partial charge in [-0.25, -0.2) is 0 Å². The van der Waals surface area contributed by atoms with E-state index < -0.39 is 20.8 Å². The molecule has 0 saturated carbocycles. The Bertz CT molecular complexity index is 213. The zero-order valence-electron chi connectivity index (χ0n) is 5.29. The van der Waals surface area contributed by atoms with Crippen molar-refractivity contribution in [3.63, 3.8) is 0 Å². The average molecular weight is 512 g/mol. The van der Waals surface area contributed by atoms with Gasteiger partial charge in [0.25, 0.3) is 0 Å². The van der Waals surface area contributed by atoms with Crippen molar-refractivity contribution in [3.05, 3.63) is 0 Å². The predicted octanol–water partition coefficient (Wildman–Crippen LogP) is -3.06. The fourth-order valence-corrected chi connectivity index (χ4v) is 0. The summed E-state index contributed by atoms with van der Waals surface area (Å²) in [7, 11) is -10.3. The molecule has 0 unspecified atom stereocenters. The van der Waals surface area contributed by atoms with Crippen LogP contribution in [0.15, 0.2) is 0 Å². The molecule has 0 N–H and O–H groups in total. The first kappa shape index (κ1) is 23.4. The second-order valence-electron chi connectivity index (χ2n) is 0.816. The number of rotatable bonds is 0. The maximum absolute atomic E-state index is 8.52. The van der Waals surface area contributed by atoms with Gasteiger partial charge >= 0.3 is 54.6 Å².